The number of halogens is 1. The number of amides is 1. The van der Waals surface area contributed by atoms with Gasteiger partial charge in [-0.15, -0.1) is 12.6 Å². The first kappa shape index (κ1) is 8.13. The molecule has 0 fully saturated rings. The number of rotatable bonds is 0. The summed E-state index contributed by atoms with van der Waals surface area (Å²) in [7, 11) is 0. The van der Waals surface area contributed by atoms with Gasteiger partial charge in [-0.1, -0.05) is 0 Å². The van der Waals surface area contributed by atoms with Crippen LogP contribution in [-0.2, 0) is 6.54 Å². The summed E-state index contributed by atoms with van der Waals surface area (Å²) in [5, 5.41) is 2.75. The van der Waals surface area contributed by atoms with Crippen molar-refractivity contribution in [2.75, 3.05) is 0 Å². The molecule has 0 aromatic heterocycles. The lowest BCUT2D eigenvalue weighted by atomic mass is 10.1. The second-order valence-electron chi connectivity index (χ2n) is 2.64. The number of thiol groups is 1. The van der Waals surface area contributed by atoms with Crippen molar-refractivity contribution in [1.82, 2.24) is 5.32 Å². The Balaban J connectivity index is 2.63. The average Bonchev–Trinajstić information content (AvgIpc) is 2.35. The van der Waals surface area contributed by atoms with E-state index in [1.54, 1.807) is 6.07 Å². The van der Waals surface area contributed by atoms with Crippen LogP contribution in [0, 0.1) is 0 Å². The standard InChI is InChI=1S/C8H6BrNOS/c9-6-1-4-3-10-8(11)5(4)2-7(6)12/h1-2,12H,3H2,(H,10,11). The summed E-state index contributed by atoms with van der Waals surface area (Å²) in [6, 6.07) is 3.71. The van der Waals surface area contributed by atoms with Gasteiger partial charge in [0.15, 0.2) is 0 Å². The second kappa shape index (κ2) is 2.78. The first-order valence-electron chi connectivity index (χ1n) is 3.48. The van der Waals surface area contributed by atoms with Crippen molar-refractivity contribution in [1.29, 1.82) is 0 Å². The van der Waals surface area contributed by atoms with Gasteiger partial charge in [0.05, 0.1) is 0 Å². The van der Waals surface area contributed by atoms with Gasteiger partial charge in [-0.2, -0.15) is 0 Å². The highest BCUT2D eigenvalue weighted by Gasteiger charge is 2.19. The maximum atomic E-state index is 11.2. The van der Waals surface area contributed by atoms with Crippen molar-refractivity contribution in [3.8, 4) is 0 Å². The number of fused-ring (bicyclic) bond motifs is 1. The maximum Gasteiger partial charge on any atom is 0.251 e. The Hall–Kier alpha value is -0.480. The summed E-state index contributed by atoms with van der Waals surface area (Å²) in [4.78, 5) is 12.0. The summed E-state index contributed by atoms with van der Waals surface area (Å²) >= 11 is 7.56. The molecule has 1 heterocycles. The maximum absolute atomic E-state index is 11.2. The van der Waals surface area contributed by atoms with E-state index in [1.165, 1.54) is 0 Å². The van der Waals surface area contributed by atoms with Crippen LogP contribution in [0.2, 0.25) is 0 Å². The van der Waals surface area contributed by atoms with Crippen molar-refractivity contribution in [3.05, 3.63) is 27.7 Å². The van der Waals surface area contributed by atoms with E-state index in [0.29, 0.717) is 6.54 Å². The number of benzene rings is 1. The first-order chi connectivity index (χ1) is 5.68. The summed E-state index contributed by atoms with van der Waals surface area (Å²) in [5.74, 6) is -0.00667. The number of hydrogen-bond donors (Lipinski definition) is 2. The van der Waals surface area contributed by atoms with E-state index in [9.17, 15) is 4.79 Å². The van der Waals surface area contributed by atoms with Gasteiger partial charge >= 0.3 is 0 Å². The quantitative estimate of drug-likeness (QED) is 0.671. The number of nitrogens with one attached hydrogen (secondary N) is 1. The van der Waals surface area contributed by atoms with Crippen molar-refractivity contribution in [2.24, 2.45) is 0 Å². The fourth-order valence-corrected chi connectivity index (χ4v) is 1.82. The highest BCUT2D eigenvalue weighted by atomic mass is 79.9. The van der Waals surface area contributed by atoms with Gasteiger partial charge in [0.2, 0.25) is 0 Å². The molecule has 0 atom stereocenters. The van der Waals surface area contributed by atoms with Gasteiger partial charge in [-0.05, 0) is 33.6 Å². The molecule has 0 saturated carbocycles. The Morgan fingerprint density at radius 1 is 1.50 bits per heavy atom. The van der Waals surface area contributed by atoms with Crippen LogP contribution in [0.3, 0.4) is 0 Å². The molecule has 0 radical (unpaired) electrons. The van der Waals surface area contributed by atoms with Gasteiger partial charge < -0.3 is 5.32 Å². The molecule has 0 bridgehead atoms. The molecule has 0 aliphatic carbocycles. The van der Waals surface area contributed by atoms with Crippen LogP contribution < -0.4 is 5.32 Å². The molecule has 4 heteroatoms. The summed E-state index contributed by atoms with van der Waals surface area (Å²) in [5.41, 5.74) is 1.77. The minimum atomic E-state index is -0.00667. The topological polar surface area (TPSA) is 29.1 Å². The van der Waals surface area contributed by atoms with E-state index < -0.39 is 0 Å². The Morgan fingerprint density at radius 3 is 3.00 bits per heavy atom. The molecular weight excluding hydrogens is 238 g/mol. The highest BCUT2D eigenvalue weighted by molar-refractivity contribution is 9.10. The smallest absolute Gasteiger partial charge is 0.251 e. The molecule has 12 heavy (non-hydrogen) atoms. The van der Waals surface area contributed by atoms with E-state index in [-0.39, 0.29) is 5.91 Å². The normalized spacial score (nSPS) is 14.3. The Labute approximate surface area is 83.9 Å². The molecule has 0 saturated heterocycles. The van der Waals surface area contributed by atoms with Crippen LogP contribution in [0.4, 0.5) is 0 Å². The van der Waals surface area contributed by atoms with Crippen LogP contribution in [-0.4, -0.2) is 5.91 Å². The van der Waals surface area contributed by atoms with Crippen molar-refractivity contribution >= 4 is 34.5 Å². The zero-order valence-corrected chi connectivity index (χ0v) is 8.58. The van der Waals surface area contributed by atoms with Gasteiger partial charge in [-0.25, -0.2) is 0 Å². The fourth-order valence-electron chi connectivity index (χ4n) is 1.23. The van der Waals surface area contributed by atoms with E-state index in [2.05, 4.69) is 33.9 Å². The predicted molar refractivity (Wildman–Crippen MR) is 52.6 cm³/mol. The number of hydrogen-bond acceptors (Lipinski definition) is 2. The largest absolute Gasteiger partial charge is 0.348 e. The second-order valence-corrected chi connectivity index (χ2v) is 3.98. The van der Waals surface area contributed by atoms with Crippen molar-refractivity contribution in [2.45, 2.75) is 11.4 Å². The molecule has 1 N–H and O–H groups in total. The van der Waals surface area contributed by atoms with E-state index in [1.807, 2.05) is 6.07 Å². The van der Waals surface area contributed by atoms with Crippen molar-refractivity contribution in [3.63, 3.8) is 0 Å². The van der Waals surface area contributed by atoms with Gasteiger partial charge in [0, 0.05) is 21.5 Å². The van der Waals surface area contributed by atoms with Crippen molar-refractivity contribution < 1.29 is 4.79 Å². The highest BCUT2D eigenvalue weighted by Crippen LogP contribution is 2.27. The molecule has 2 nitrogen and oxygen atoms in total. The molecule has 1 aromatic carbocycles. The third-order valence-corrected chi connectivity index (χ3v) is 3.19. The molecule has 0 unspecified atom stereocenters. The number of carbonyl (C=O) groups excluding carboxylic acids is 1. The lowest BCUT2D eigenvalue weighted by Crippen LogP contribution is -2.12. The van der Waals surface area contributed by atoms with E-state index >= 15 is 0 Å². The summed E-state index contributed by atoms with van der Waals surface area (Å²) in [6.45, 7) is 0.626. The van der Waals surface area contributed by atoms with Crippen LogP contribution in [0.5, 0.6) is 0 Å². The van der Waals surface area contributed by atoms with Crippen LogP contribution in [0.1, 0.15) is 15.9 Å². The van der Waals surface area contributed by atoms with Gasteiger partial charge in [0.25, 0.3) is 5.91 Å². The Morgan fingerprint density at radius 2 is 2.25 bits per heavy atom. The fraction of sp³-hybridized carbons (Fsp3) is 0.125. The summed E-state index contributed by atoms with van der Waals surface area (Å²) < 4.78 is 0.932. The molecule has 1 aliphatic rings. The van der Waals surface area contributed by atoms with Crippen LogP contribution >= 0.6 is 28.6 Å². The van der Waals surface area contributed by atoms with E-state index in [4.69, 9.17) is 0 Å². The monoisotopic (exact) mass is 243 g/mol. The molecule has 0 spiro atoms. The van der Waals surface area contributed by atoms with E-state index in [0.717, 1.165) is 20.5 Å². The lowest BCUT2D eigenvalue weighted by molar-refractivity contribution is 0.0965. The zero-order valence-electron chi connectivity index (χ0n) is 6.10. The van der Waals surface area contributed by atoms with Crippen LogP contribution in [0.15, 0.2) is 21.5 Å². The first-order valence-corrected chi connectivity index (χ1v) is 4.72. The number of carbonyl (C=O) groups is 1. The Bertz CT molecular complexity index is 364. The average molecular weight is 244 g/mol. The van der Waals surface area contributed by atoms with Gasteiger partial charge in [0.1, 0.15) is 0 Å². The third kappa shape index (κ3) is 1.15. The minimum absolute atomic E-state index is 0.00667. The molecule has 1 aromatic rings. The SMILES string of the molecule is O=C1NCc2cc(Br)c(S)cc21. The molecule has 1 amide bonds. The molecule has 1 aliphatic heterocycles. The predicted octanol–water partition coefficient (Wildman–Crippen LogP) is 1.98. The van der Waals surface area contributed by atoms with Crippen LogP contribution in [0.25, 0.3) is 0 Å². The third-order valence-electron chi connectivity index (χ3n) is 1.86. The summed E-state index contributed by atoms with van der Waals surface area (Å²) in [6.07, 6.45) is 0. The molecule has 2 rings (SSSR count). The lowest BCUT2D eigenvalue weighted by Gasteiger charge is -1.99. The zero-order chi connectivity index (χ0) is 8.72. The molecular formula is C8H6BrNOS. The van der Waals surface area contributed by atoms with Gasteiger partial charge in [-0.3, -0.25) is 4.79 Å². The Kier molecular flexibility index (Phi) is 1.88. The minimum Gasteiger partial charge on any atom is -0.348 e. The molecule has 62 valence electrons.